The summed E-state index contributed by atoms with van der Waals surface area (Å²) in [7, 11) is 0. The molecule has 0 aliphatic rings. The van der Waals surface area contributed by atoms with Gasteiger partial charge in [0.25, 0.3) is 0 Å². The van der Waals surface area contributed by atoms with Crippen LogP contribution >= 0.6 is 0 Å². The van der Waals surface area contributed by atoms with E-state index in [4.69, 9.17) is 0 Å². The number of allylic oxidation sites excluding steroid dienone is 2. The van der Waals surface area contributed by atoms with Gasteiger partial charge in [0.15, 0.2) is 0 Å². The minimum absolute atomic E-state index is 1.58. The first kappa shape index (κ1) is 18.5. The van der Waals surface area contributed by atoms with E-state index in [1.807, 2.05) is 0 Å². The first-order valence-electron chi connectivity index (χ1n) is 6.06. The van der Waals surface area contributed by atoms with Crippen LogP contribution in [0.2, 0.25) is 0 Å². The average molecular weight is 287 g/mol. The fourth-order valence-corrected chi connectivity index (χ4v) is 0.680. The summed E-state index contributed by atoms with van der Waals surface area (Å²) in [5, 5.41) is 2.51. The molecule has 104 valence electrons. The van der Waals surface area contributed by atoms with Gasteiger partial charge in [-0.25, -0.2) is 11.8 Å². The third kappa shape index (κ3) is 17.5. The maximum atomic E-state index is 3.48. The van der Waals surface area contributed by atoms with Gasteiger partial charge < -0.3 is 0 Å². The van der Waals surface area contributed by atoms with Gasteiger partial charge in [0, 0.05) is 35.8 Å². The zero-order chi connectivity index (χ0) is 16.8. The van der Waals surface area contributed by atoms with Crippen molar-refractivity contribution >= 4 is 0 Å². The molecule has 0 aromatic rings. The van der Waals surface area contributed by atoms with Crippen molar-refractivity contribution in [2.45, 2.75) is 0 Å². The van der Waals surface area contributed by atoms with E-state index in [1.54, 1.807) is 25.0 Å². The summed E-state index contributed by atoms with van der Waals surface area (Å²) in [5.74, 6) is 35.7. The molecular weight excluding hydrogens is 278 g/mol. The van der Waals surface area contributed by atoms with Gasteiger partial charge in [-0.15, -0.1) is 12.8 Å². The molecule has 0 rings (SSSR count). The largest absolute Gasteiger partial charge is 0.272 e. The van der Waals surface area contributed by atoms with E-state index in [2.05, 4.69) is 113 Å². The number of hydrogen-bond acceptors (Lipinski definition) is 1. The molecule has 0 saturated carbocycles. The van der Waals surface area contributed by atoms with Crippen LogP contribution in [0, 0.1) is 108 Å². The monoisotopic (exact) mass is 287 g/mol. The van der Waals surface area contributed by atoms with Gasteiger partial charge in [-0.1, -0.05) is 11.8 Å². The quantitative estimate of drug-likeness (QED) is 0.458. The smallest absolute Gasteiger partial charge is 0.0316 e. The molecule has 1 N–H and O–H groups in total. The van der Waals surface area contributed by atoms with E-state index in [0.29, 0.717) is 0 Å². The van der Waals surface area contributed by atoms with Gasteiger partial charge in [0.1, 0.15) is 0 Å². The molecule has 0 aliphatic carbocycles. The second-order valence-corrected chi connectivity index (χ2v) is 2.97. The van der Waals surface area contributed by atoms with Crippen LogP contribution in [0.25, 0.3) is 0 Å². The lowest BCUT2D eigenvalue weighted by Crippen LogP contribution is -1.91. The fourth-order valence-electron chi connectivity index (χ4n) is 0.680. The van der Waals surface area contributed by atoms with Gasteiger partial charge in [0.05, 0.1) is 0 Å². The SMILES string of the molecule is C=C[CH-]C#CC#CC#CC#CNC#CC#CC#CC#C[CH-]C=C. The minimum Gasteiger partial charge on any atom is -0.272 e. The Kier molecular flexibility index (Phi) is 14.1. The Morgan fingerprint density at radius 2 is 0.870 bits per heavy atom. The van der Waals surface area contributed by atoms with Gasteiger partial charge in [-0.2, -0.15) is 37.2 Å². The summed E-state index contributed by atoms with van der Waals surface area (Å²) >= 11 is 0. The fraction of sp³-hybridized carbons (Fsp3) is 0. The average Bonchev–Trinajstić information content (AvgIpc) is 2.57. The van der Waals surface area contributed by atoms with Gasteiger partial charge in [-0.3, -0.25) is 5.32 Å². The van der Waals surface area contributed by atoms with Crippen molar-refractivity contribution in [3.05, 3.63) is 38.2 Å². The van der Waals surface area contributed by atoms with Crippen LogP contribution in [-0.4, -0.2) is 0 Å². The zero-order valence-electron chi connectivity index (χ0n) is 12.2. The summed E-state index contributed by atoms with van der Waals surface area (Å²) in [6, 6.07) is 5.02. The molecule has 0 heterocycles. The van der Waals surface area contributed by atoms with E-state index < -0.39 is 0 Å². The molecule has 0 amide bonds. The number of nitrogens with one attached hydrogen (secondary N) is 1. The topological polar surface area (TPSA) is 12.0 Å². The Bertz CT molecular complexity index is 835. The molecule has 0 saturated heterocycles. The summed E-state index contributed by atoms with van der Waals surface area (Å²) < 4.78 is 0. The number of rotatable bonds is 2. The van der Waals surface area contributed by atoms with Crippen molar-refractivity contribution in [3.8, 4) is 95.0 Å². The highest BCUT2D eigenvalue weighted by molar-refractivity contribution is 5.42. The summed E-state index contributed by atoms with van der Waals surface area (Å²) in [4.78, 5) is 0. The first-order chi connectivity index (χ1) is 11.4. The third-order valence-corrected chi connectivity index (χ3v) is 1.42. The Balaban J connectivity index is 4.14. The van der Waals surface area contributed by atoms with Crippen molar-refractivity contribution in [2.75, 3.05) is 0 Å². The molecule has 23 heavy (non-hydrogen) atoms. The van der Waals surface area contributed by atoms with E-state index in [-0.39, 0.29) is 0 Å². The molecule has 0 unspecified atom stereocenters. The van der Waals surface area contributed by atoms with Crippen LogP contribution in [0.4, 0.5) is 0 Å². The van der Waals surface area contributed by atoms with E-state index in [0.717, 1.165) is 0 Å². The van der Waals surface area contributed by atoms with Crippen LogP contribution in [0.15, 0.2) is 25.3 Å². The Hall–Kier alpha value is -4.50. The van der Waals surface area contributed by atoms with Crippen molar-refractivity contribution in [2.24, 2.45) is 0 Å². The lowest BCUT2D eigenvalue weighted by atomic mass is 10.4. The minimum atomic E-state index is 1.58. The van der Waals surface area contributed by atoms with E-state index >= 15 is 0 Å². The maximum Gasteiger partial charge on any atom is 0.0316 e. The lowest BCUT2D eigenvalue weighted by molar-refractivity contribution is 1.34. The van der Waals surface area contributed by atoms with Crippen LogP contribution in [0.5, 0.6) is 0 Å². The van der Waals surface area contributed by atoms with Crippen molar-refractivity contribution < 1.29 is 0 Å². The van der Waals surface area contributed by atoms with Gasteiger partial charge >= 0.3 is 0 Å². The Morgan fingerprint density at radius 3 is 1.26 bits per heavy atom. The van der Waals surface area contributed by atoms with Crippen LogP contribution in [0.3, 0.4) is 0 Å². The van der Waals surface area contributed by atoms with Gasteiger partial charge in [0.2, 0.25) is 0 Å². The molecule has 0 aliphatic heterocycles. The summed E-state index contributed by atoms with van der Waals surface area (Å²) in [6.45, 7) is 6.97. The highest BCUT2D eigenvalue weighted by atomic mass is 14.8. The van der Waals surface area contributed by atoms with Crippen LogP contribution in [-0.2, 0) is 0 Å². The predicted molar refractivity (Wildman–Crippen MR) is 94.3 cm³/mol. The Labute approximate surface area is 139 Å². The van der Waals surface area contributed by atoms with Crippen molar-refractivity contribution in [1.29, 1.82) is 0 Å². The molecule has 0 aromatic heterocycles. The normalized spacial score (nSPS) is 4.70. The molecule has 0 radical (unpaired) electrons. The Morgan fingerprint density at radius 1 is 0.522 bits per heavy atom. The first-order valence-corrected chi connectivity index (χ1v) is 6.06. The zero-order valence-corrected chi connectivity index (χ0v) is 12.2. The highest BCUT2D eigenvalue weighted by Gasteiger charge is 1.60. The second-order valence-electron chi connectivity index (χ2n) is 2.97. The highest BCUT2D eigenvalue weighted by Crippen LogP contribution is 1.69. The van der Waals surface area contributed by atoms with Crippen LogP contribution in [0.1, 0.15) is 0 Å². The van der Waals surface area contributed by atoms with Gasteiger partial charge in [-0.05, 0) is 23.7 Å². The maximum absolute atomic E-state index is 3.48. The standard InChI is InChI=1S/C22H9N/c1-3-5-7-9-11-13-15-17-19-21-23-22-20-18-16-14-12-10-8-6-4-2/h3-6,23H,1-2H2/q-2. The molecule has 0 aromatic carbocycles. The molecular formula is C22H9N-2. The van der Waals surface area contributed by atoms with Crippen molar-refractivity contribution in [1.82, 2.24) is 5.32 Å². The molecule has 0 atom stereocenters. The van der Waals surface area contributed by atoms with E-state index in [1.165, 1.54) is 0 Å². The molecule has 1 nitrogen and oxygen atoms in total. The lowest BCUT2D eigenvalue weighted by Gasteiger charge is -1.76. The molecule has 0 bridgehead atoms. The molecule has 0 spiro atoms. The van der Waals surface area contributed by atoms with E-state index in [9.17, 15) is 0 Å². The van der Waals surface area contributed by atoms with Crippen LogP contribution < -0.4 is 5.32 Å². The third-order valence-electron chi connectivity index (χ3n) is 1.42. The molecule has 1 heteroatoms. The summed E-state index contributed by atoms with van der Waals surface area (Å²) in [5.41, 5.74) is 0. The second kappa shape index (κ2) is 17.5. The number of hydrogen-bond donors (Lipinski definition) is 1. The summed E-state index contributed by atoms with van der Waals surface area (Å²) in [6.07, 6.45) is 6.33. The van der Waals surface area contributed by atoms with Crippen molar-refractivity contribution in [3.63, 3.8) is 0 Å². The predicted octanol–water partition coefficient (Wildman–Crippen LogP) is 1.30. The molecule has 0 fully saturated rings.